The smallest absolute Gasteiger partial charge is 0.419 e. The number of nitrogens with zero attached hydrogens (tertiary/aromatic N) is 1. The fourth-order valence-electron chi connectivity index (χ4n) is 2.62. The van der Waals surface area contributed by atoms with E-state index in [2.05, 4.69) is 5.32 Å². The molecule has 0 aliphatic carbocycles. The lowest BCUT2D eigenvalue weighted by atomic mass is 10.3. The molecule has 1 N–H and O–H groups in total. The standard InChI is InChI=1S/C19H16Cl2N2O5/c20-12-5-3-6-13(21)18(12)22-16(24)11-27-17(25)9-4-10-23-14-7-1-2-8-15(14)28-19(23)26/h1-3,5-8H,4,9-11H2,(H,22,24). The highest BCUT2D eigenvalue weighted by Gasteiger charge is 2.13. The van der Waals surface area contributed by atoms with E-state index < -0.39 is 24.2 Å². The van der Waals surface area contributed by atoms with E-state index in [4.69, 9.17) is 32.4 Å². The molecule has 0 unspecified atom stereocenters. The number of fused-ring (bicyclic) bond motifs is 1. The minimum absolute atomic E-state index is 0.0477. The van der Waals surface area contributed by atoms with E-state index in [-0.39, 0.29) is 22.2 Å². The van der Waals surface area contributed by atoms with Gasteiger partial charge in [0.15, 0.2) is 12.2 Å². The van der Waals surface area contributed by atoms with Gasteiger partial charge in [-0.25, -0.2) is 4.79 Å². The lowest BCUT2D eigenvalue weighted by molar-refractivity contribution is -0.147. The number of hydrogen-bond acceptors (Lipinski definition) is 5. The maximum Gasteiger partial charge on any atom is 0.419 e. The van der Waals surface area contributed by atoms with Crippen LogP contribution < -0.4 is 11.1 Å². The quantitative estimate of drug-likeness (QED) is 0.583. The van der Waals surface area contributed by atoms with Crippen LogP contribution in [0.2, 0.25) is 10.0 Å². The number of nitrogens with one attached hydrogen (secondary N) is 1. The van der Waals surface area contributed by atoms with Gasteiger partial charge in [0.25, 0.3) is 5.91 Å². The summed E-state index contributed by atoms with van der Waals surface area (Å²) in [6, 6.07) is 11.8. The molecule has 1 aromatic heterocycles. The predicted octanol–water partition coefficient (Wildman–Crippen LogP) is 3.86. The van der Waals surface area contributed by atoms with Crippen molar-refractivity contribution in [3.63, 3.8) is 0 Å². The first-order valence-corrected chi connectivity index (χ1v) is 9.19. The van der Waals surface area contributed by atoms with Crippen LogP contribution in [0.25, 0.3) is 11.1 Å². The van der Waals surface area contributed by atoms with Gasteiger partial charge >= 0.3 is 11.7 Å². The molecule has 7 nitrogen and oxygen atoms in total. The zero-order valence-electron chi connectivity index (χ0n) is 14.6. The summed E-state index contributed by atoms with van der Waals surface area (Å²) in [4.78, 5) is 35.6. The topological polar surface area (TPSA) is 90.5 Å². The predicted molar refractivity (Wildman–Crippen MR) is 106 cm³/mol. The number of aryl methyl sites for hydroxylation is 1. The van der Waals surface area contributed by atoms with Crippen molar-refractivity contribution >= 4 is 51.9 Å². The van der Waals surface area contributed by atoms with Crippen LogP contribution in [0.4, 0.5) is 5.69 Å². The molecule has 0 fully saturated rings. The van der Waals surface area contributed by atoms with Crippen LogP contribution in [0.15, 0.2) is 51.7 Å². The monoisotopic (exact) mass is 422 g/mol. The molecule has 2 aromatic carbocycles. The number of anilines is 1. The van der Waals surface area contributed by atoms with Gasteiger partial charge in [0.05, 0.1) is 21.2 Å². The fourth-order valence-corrected chi connectivity index (χ4v) is 3.11. The Morgan fingerprint density at radius 2 is 1.79 bits per heavy atom. The van der Waals surface area contributed by atoms with Crippen LogP contribution in [0, 0.1) is 0 Å². The Morgan fingerprint density at radius 1 is 1.07 bits per heavy atom. The summed E-state index contributed by atoms with van der Waals surface area (Å²) in [6.45, 7) is -0.165. The first kappa shape index (κ1) is 20.0. The third kappa shape index (κ3) is 4.74. The van der Waals surface area contributed by atoms with Crippen molar-refractivity contribution in [1.82, 2.24) is 4.57 Å². The summed E-state index contributed by atoms with van der Waals surface area (Å²) in [5.41, 5.74) is 1.42. The molecule has 3 rings (SSSR count). The number of halogens is 2. The molecule has 0 saturated heterocycles. The Hall–Kier alpha value is -2.77. The number of hydrogen-bond donors (Lipinski definition) is 1. The van der Waals surface area contributed by atoms with Crippen molar-refractivity contribution in [2.45, 2.75) is 19.4 Å². The van der Waals surface area contributed by atoms with Crippen LogP contribution in [-0.2, 0) is 20.9 Å². The average Bonchev–Trinajstić information content (AvgIpc) is 2.99. The Labute approximate surface area is 169 Å². The molecule has 0 atom stereocenters. The molecule has 0 aliphatic rings. The number of ether oxygens (including phenoxy) is 1. The minimum Gasteiger partial charge on any atom is -0.456 e. The van der Waals surface area contributed by atoms with Crippen LogP contribution in [0.1, 0.15) is 12.8 Å². The molecule has 0 aliphatic heterocycles. The molecule has 9 heteroatoms. The second-order valence-corrected chi connectivity index (χ2v) is 6.71. The molecule has 28 heavy (non-hydrogen) atoms. The number of esters is 1. The molecule has 0 radical (unpaired) electrons. The van der Waals surface area contributed by atoms with Crippen molar-refractivity contribution in [3.05, 3.63) is 63.1 Å². The molecule has 0 spiro atoms. The van der Waals surface area contributed by atoms with Crippen LogP contribution in [-0.4, -0.2) is 23.1 Å². The molecule has 0 saturated carbocycles. The van der Waals surface area contributed by atoms with Crippen molar-refractivity contribution in [3.8, 4) is 0 Å². The van der Waals surface area contributed by atoms with Crippen LogP contribution >= 0.6 is 23.2 Å². The average molecular weight is 423 g/mol. The van der Waals surface area contributed by atoms with E-state index in [1.807, 2.05) is 0 Å². The van der Waals surface area contributed by atoms with Crippen molar-refractivity contribution < 1.29 is 18.7 Å². The van der Waals surface area contributed by atoms with Gasteiger partial charge in [-0.2, -0.15) is 0 Å². The SMILES string of the molecule is O=C(COC(=O)CCCn1c(=O)oc2ccccc21)Nc1c(Cl)cccc1Cl. The summed E-state index contributed by atoms with van der Waals surface area (Å²) in [5, 5.41) is 3.07. The molecule has 1 heterocycles. The number of carbonyl (C=O) groups is 2. The number of amides is 1. The summed E-state index contributed by atoms with van der Waals surface area (Å²) < 4.78 is 11.5. The Balaban J connectivity index is 1.46. The zero-order chi connectivity index (χ0) is 20.1. The Kier molecular flexibility index (Phi) is 6.38. The molecule has 0 bridgehead atoms. The van der Waals surface area contributed by atoms with Crippen molar-refractivity contribution in [2.75, 3.05) is 11.9 Å². The zero-order valence-corrected chi connectivity index (χ0v) is 16.1. The van der Waals surface area contributed by atoms with E-state index in [0.29, 0.717) is 24.1 Å². The Morgan fingerprint density at radius 3 is 2.54 bits per heavy atom. The number of para-hydroxylation sites is 3. The number of oxazole rings is 1. The summed E-state index contributed by atoms with van der Waals surface area (Å²) >= 11 is 11.9. The summed E-state index contributed by atoms with van der Waals surface area (Å²) in [5.74, 6) is -1.59. The molecule has 3 aromatic rings. The minimum atomic E-state index is -0.555. The van der Waals surface area contributed by atoms with Gasteiger partial charge in [-0.1, -0.05) is 41.4 Å². The molecular formula is C19H16Cl2N2O5. The number of rotatable bonds is 7. The van der Waals surface area contributed by atoms with E-state index in [9.17, 15) is 14.4 Å². The fraction of sp³-hybridized carbons (Fsp3) is 0.211. The van der Waals surface area contributed by atoms with Gasteiger partial charge in [0.2, 0.25) is 0 Å². The van der Waals surface area contributed by atoms with Crippen LogP contribution in [0.5, 0.6) is 0 Å². The van der Waals surface area contributed by atoms with Gasteiger partial charge in [-0.05, 0) is 30.7 Å². The largest absolute Gasteiger partial charge is 0.456 e. The van der Waals surface area contributed by atoms with Gasteiger partial charge in [0, 0.05) is 13.0 Å². The third-order valence-corrected chi connectivity index (χ3v) is 4.56. The lowest BCUT2D eigenvalue weighted by Crippen LogP contribution is -2.21. The Bertz CT molecular complexity index is 1050. The summed E-state index contributed by atoms with van der Waals surface area (Å²) in [6.07, 6.45) is 0.409. The van der Waals surface area contributed by atoms with E-state index in [1.165, 1.54) is 4.57 Å². The van der Waals surface area contributed by atoms with Gasteiger partial charge in [0.1, 0.15) is 0 Å². The summed E-state index contributed by atoms with van der Waals surface area (Å²) in [7, 11) is 0. The highest BCUT2D eigenvalue weighted by atomic mass is 35.5. The molecule has 146 valence electrons. The maximum atomic E-state index is 11.9. The normalized spacial score (nSPS) is 10.8. The molecular weight excluding hydrogens is 407 g/mol. The first-order chi connectivity index (χ1) is 13.5. The molecule has 1 amide bonds. The van der Waals surface area contributed by atoms with E-state index in [1.54, 1.807) is 42.5 Å². The second-order valence-electron chi connectivity index (χ2n) is 5.90. The van der Waals surface area contributed by atoms with Gasteiger partial charge in [-0.15, -0.1) is 0 Å². The second kappa shape index (κ2) is 8.95. The highest BCUT2D eigenvalue weighted by molar-refractivity contribution is 6.39. The van der Waals surface area contributed by atoms with Crippen molar-refractivity contribution in [1.29, 1.82) is 0 Å². The van der Waals surface area contributed by atoms with E-state index in [0.717, 1.165) is 0 Å². The van der Waals surface area contributed by atoms with Gasteiger partial charge in [-0.3, -0.25) is 14.2 Å². The van der Waals surface area contributed by atoms with Gasteiger partial charge < -0.3 is 14.5 Å². The highest BCUT2D eigenvalue weighted by Crippen LogP contribution is 2.29. The first-order valence-electron chi connectivity index (χ1n) is 8.43. The van der Waals surface area contributed by atoms with Crippen LogP contribution in [0.3, 0.4) is 0 Å². The maximum absolute atomic E-state index is 11.9. The number of benzene rings is 2. The lowest BCUT2D eigenvalue weighted by Gasteiger charge is -2.09. The van der Waals surface area contributed by atoms with Crippen molar-refractivity contribution in [2.24, 2.45) is 0 Å². The number of aromatic nitrogens is 1. The van der Waals surface area contributed by atoms with E-state index >= 15 is 0 Å². The third-order valence-electron chi connectivity index (χ3n) is 3.93. The number of carbonyl (C=O) groups excluding carboxylic acids is 2.